The van der Waals surface area contributed by atoms with E-state index < -0.39 is 0 Å². The molecule has 142 valence electrons. The first-order valence-electron chi connectivity index (χ1n) is 9.47. The molecule has 0 saturated heterocycles. The van der Waals surface area contributed by atoms with Crippen molar-refractivity contribution in [1.29, 1.82) is 0 Å². The highest BCUT2D eigenvalue weighted by atomic mass is 19.1. The van der Waals surface area contributed by atoms with E-state index in [0.717, 1.165) is 29.7 Å². The van der Waals surface area contributed by atoms with Crippen LogP contribution in [0.5, 0.6) is 0 Å². The first-order valence-corrected chi connectivity index (χ1v) is 9.47. The molecule has 3 rings (SSSR count). The lowest BCUT2D eigenvalue weighted by atomic mass is 9.85. The van der Waals surface area contributed by atoms with Crippen molar-refractivity contribution in [3.8, 4) is 0 Å². The molecule has 0 fully saturated rings. The number of nitrogens with zero attached hydrogens (tertiary/aromatic N) is 2. The molecule has 2 aromatic heterocycles. The molecule has 0 aliphatic carbocycles. The summed E-state index contributed by atoms with van der Waals surface area (Å²) in [4.78, 5) is 16.8. The van der Waals surface area contributed by atoms with Gasteiger partial charge in [0, 0.05) is 25.6 Å². The van der Waals surface area contributed by atoms with Gasteiger partial charge in [-0.15, -0.1) is 0 Å². The van der Waals surface area contributed by atoms with Crippen molar-refractivity contribution >= 4 is 11.4 Å². The lowest BCUT2D eigenvalue weighted by Crippen LogP contribution is -2.27. The van der Waals surface area contributed by atoms with E-state index in [1.807, 2.05) is 30.6 Å². The first kappa shape index (κ1) is 19.1. The molecule has 0 aliphatic rings. The minimum atomic E-state index is -0.253. The number of carbonyl (C=O) groups excluding carboxylic acids is 1. The second kappa shape index (κ2) is 8.80. The number of hydrogen-bond acceptors (Lipinski definition) is 2. The van der Waals surface area contributed by atoms with Crippen LogP contribution in [0, 0.1) is 11.7 Å². The predicted molar refractivity (Wildman–Crippen MR) is 105 cm³/mol. The molecule has 1 aromatic carbocycles. The number of fused-ring (bicyclic) bond motifs is 1. The maximum atomic E-state index is 13.1. The van der Waals surface area contributed by atoms with Gasteiger partial charge in [0.15, 0.2) is 0 Å². The normalized spacial score (nSPS) is 12.4. The molecule has 0 aliphatic heterocycles. The summed E-state index contributed by atoms with van der Waals surface area (Å²) in [6.45, 7) is 4.80. The highest BCUT2D eigenvalue weighted by Gasteiger charge is 2.19. The van der Waals surface area contributed by atoms with E-state index in [-0.39, 0.29) is 17.6 Å². The van der Waals surface area contributed by atoms with E-state index in [1.54, 1.807) is 12.1 Å². The van der Waals surface area contributed by atoms with Crippen LogP contribution in [-0.4, -0.2) is 21.8 Å². The Morgan fingerprint density at radius 3 is 2.70 bits per heavy atom. The third kappa shape index (κ3) is 4.94. The van der Waals surface area contributed by atoms with Crippen LogP contribution < -0.4 is 5.32 Å². The fourth-order valence-corrected chi connectivity index (χ4v) is 3.38. The third-order valence-corrected chi connectivity index (χ3v) is 4.92. The summed E-state index contributed by atoms with van der Waals surface area (Å²) in [6.07, 6.45) is 5.93. The van der Waals surface area contributed by atoms with E-state index in [4.69, 9.17) is 0 Å². The number of rotatable bonds is 8. The number of imidazole rings is 1. The monoisotopic (exact) mass is 367 g/mol. The predicted octanol–water partition coefficient (Wildman–Crippen LogP) is 4.35. The molecule has 3 aromatic rings. The standard InChI is InChI=1S/C22H26FN3O/c1-16(2)20(17-8-10-18(23)11-9-17)14-22(27)24-12-5-7-21-25-15-19-6-3-4-13-26(19)21/h3-4,6,8-11,13,15-16,20H,5,7,12,14H2,1-2H3,(H,24,27). The summed E-state index contributed by atoms with van der Waals surface area (Å²) in [6, 6.07) is 12.5. The minimum Gasteiger partial charge on any atom is -0.356 e. The molecule has 1 unspecified atom stereocenters. The Morgan fingerprint density at radius 2 is 1.96 bits per heavy atom. The summed E-state index contributed by atoms with van der Waals surface area (Å²) in [5.74, 6) is 1.17. The maximum Gasteiger partial charge on any atom is 0.220 e. The Bertz CT molecular complexity index is 886. The molecule has 27 heavy (non-hydrogen) atoms. The van der Waals surface area contributed by atoms with Crippen molar-refractivity contribution in [2.75, 3.05) is 6.54 Å². The van der Waals surface area contributed by atoms with E-state index in [9.17, 15) is 9.18 Å². The van der Waals surface area contributed by atoms with Crippen molar-refractivity contribution in [3.05, 3.63) is 72.1 Å². The van der Waals surface area contributed by atoms with E-state index >= 15 is 0 Å². The molecule has 5 heteroatoms. The molecule has 0 spiro atoms. The zero-order valence-corrected chi connectivity index (χ0v) is 15.9. The lowest BCUT2D eigenvalue weighted by Gasteiger charge is -2.21. The quantitative estimate of drug-likeness (QED) is 0.602. The summed E-state index contributed by atoms with van der Waals surface area (Å²) in [5, 5.41) is 3.01. The fraction of sp³-hybridized carbons (Fsp3) is 0.364. The number of halogens is 1. The molecule has 1 N–H and O–H groups in total. The number of carbonyl (C=O) groups is 1. The number of pyridine rings is 1. The van der Waals surface area contributed by atoms with Crippen LogP contribution in [0.15, 0.2) is 54.9 Å². The third-order valence-electron chi connectivity index (χ3n) is 4.92. The van der Waals surface area contributed by atoms with Crippen LogP contribution in [0.2, 0.25) is 0 Å². The average molecular weight is 367 g/mol. The lowest BCUT2D eigenvalue weighted by molar-refractivity contribution is -0.121. The zero-order chi connectivity index (χ0) is 19.2. The highest BCUT2D eigenvalue weighted by Crippen LogP contribution is 2.28. The second-order valence-electron chi connectivity index (χ2n) is 7.23. The Balaban J connectivity index is 1.49. The van der Waals surface area contributed by atoms with Crippen LogP contribution in [-0.2, 0) is 11.2 Å². The van der Waals surface area contributed by atoms with Gasteiger partial charge in [0.25, 0.3) is 0 Å². The second-order valence-corrected chi connectivity index (χ2v) is 7.23. The van der Waals surface area contributed by atoms with Gasteiger partial charge in [-0.2, -0.15) is 0 Å². The van der Waals surface area contributed by atoms with Gasteiger partial charge < -0.3 is 9.72 Å². The maximum absolute atomic E-state index is 13.1. The molecule has 0 bridgehead atoms. The topological polar surface area (TPSA) is 46.4 Å². The number of hydrogen-bond donors (Lipinski definition) is 1. The van der Waals surface area contributed by atoms with Gasteiger partial charge in [-0.05, 0) is 48.1 Å². The Morgan fingerprint density at radius 1 is 1.19 bits per heavy atom. The molecule has 1 atom stereocenters. The summed E-state index contributed by atoms with van der Waals surface area (Å²) in [7, 11) is 0. The van der Waals surface area contributed by atoms with Crippen LogP contribution in [0.1, 0.15) is 44.0 Å². The number of aryl methyl sites for hydroxylation is 1. The van der Waals surface area contributed by atoms with Crippen molar-refractivity contribution in [1.82, 2.24) is 14.7 Å². The summed E-state index contributed by atoms with van der Waals surface area (Å²) < 4.78 is 15.2. The fourth-order valence-electron chi connectivity index (χ4n) is 3.38. The van der Waals surface area contributed by atoms with Gasteiger partial charge in [-0.3, -0.25) is 4.79 Å². The molecule has 0 radical (unpaired) electrons. The van der Waals surface area contributed by atoms with Gasteiger partial charge in [0.1, 0.15) is 11.6 Å². The van der Waals surface area contributed by atoms with Crippen molar-refractivity contribution < 1.29 is 9.18 Å². The highest BCUT2D eigenvalue weighted by molar-refractivity contribution is 5.76. The summed E-state index contributed by atoms with van der Waals surface area (Å²) >= 11 is 0. The van der Waals surface area contributed by atoms with Crippen molar-refractivity contribution in [2.24, 2.45) is 5.92 Å². The number of nitrogens with one attached hydrogen (secondary N) is 1. The Labute approximate surface area is 159 Å². The van der Waals surface area contributed by atoms with Crippen LogP contribution in [0.25, 0.3) is 5.52 Å². The minimum absolute atomic E-state index is 0.0333. The average Bonchev–Trinajstić information content (AvgIpc) is 3.07. The van der Waals surface area contributed by atoms with Crippen molar-refractivity contribution in [3.63, 3.8) is 0 Å². The number of aromatic nitrogens is 2. The van der Waals surface area contributed by atoms with E-state index in [0.29, 0.717) is 18.9 Å². The van der Waals surface area contributed by atoms with Crippen LogP contribution in [0.4, 0.5) is 4.39 Å². The van der Waals surface area contributed by atoms with Gasteiger partial charge >= 0.3 is 0 Å². The zero-order valence-electron chi connectivity index (χ0n) is 15.9. The molecule has 0 saturated carbocycles. The van der Waals surface area contributed by atoms with E-state index in [1.165, 1.54) is 12.1 Å². The number of benzene rings is 1. The Kier molecular flexibility index (Phi) is 6.22. The summed E-state index contributed by atoms with van der Waals surface area (Å²) in [5.41, 5.74) is 2.08. The number of amides is 1. The molecular formula is C22H26FN3O. The van der Waals surface area contributed by atoms with Gasteiger partial charge in [0.2, 0.25) is 5.91 Å². The molecular weight excluding hydrogens is 341 g/mol. The van der Waals surface area contributed by atoms with Crippen LogP contribution >= 0.6 is 0 Å². The van der Waals surface area contributed by atoms with Crippen molar-refractivity contribution in [2.45, 2.75) is 39.0 Å². The molecule has 1 amide bonds. The Hall–Kier alpha value is -2.69. The van der Waals surface area contributed by atoms with E-state index in [2.05, 4.69) is 28.5 Å². The molecule has 4 nitrogen and oxygen atoms in total. The first-order chi connectivity index (χ1) is 13.0. The largest absolute Gasteiger partial charge is 0.356 e. The van der Waals surface area contributed by atoms with Crippen LogP contribution in [0.3, 0.4) is 0 Å². The van der Waals surface area contributed by atoms with Gasteiger partial charge in [-0.25, -0.2) is 9.37 Å². The smallest absolute Gasteiger partial charge is 0.220 e. The van der Waals surface area contributed by atoms with Gasteiger partial charge in [0.05, 0.1) is 11.7 Å². The SMILES string of the molecule is CC(C)C(CC(=O)NCCCc1ncc2ccccn12)c1ccc(F)cc1. The van der Waals surface area contributed by atoms with Gasteiger partial charge in [-0.1, -0.05) is 32.0 Å². The molecule has 2 heterocycles.